The van der Waals surface area contributed by atoms with Crippen molar-refractivity contribution in [3.63, 3.8) is 0 Å². The van der Waals surface area contributed by atoms with E-state index in [4.69, 9.17) is 11.6 Å². The third kappa shape index (κ3) is 5.19. The van der Waals surface area contributed by atoms with Crippen molar-refractivity contribution < 1.29 is 23.1 Å². The normalized spacial score (nSPS) is 11.7. The van der Waals surface area contributed by atoms with Crippen LogP contribution in [0.3, 0.4) is 0 Å². The van der Waals surface area contributed by atoms with E-state index < -0.39 is 22.9 Å². The van der Waals surface area contributed by atoms with Crippen LogP contribution in [0.2, 0.25) is 5.02 Å². The summed E-state index contributed by atoms with van der Waals surface area (Å²) in [4.78, 5) is 13.3. The van der Waals surface area contributed by atoms with Gasteiger partial charge in [-0.1, -0.05) is 48.0 Å². The van der Waals surface area contributed by atoms with Crippen LogP contribution in [0.15, 0.2) is 89.8 Å². The van der Waals surface area contributed by atoms with Gasteiger partial charge in [0.05, 0.1) is 22.0 Å². The van der Waals surface area contributed by atoms with E-state index in [1.807, 2.05) is 30.3 Å². The van der Waals surface area contributed by atoms with Crippen molar-refractivity contribution in [2.75, 3.05) is 17.3 Å². The zero-order valence-corrected chi connectivity index (χ0v) is 19.9. The number of aromatic carboxylic acids is 1. The Hall–Kier alpha value is -3.72. The molecule has 0 bridgehead atoms. The summed E-state index contributed by atoms with van der Waals surface area (Å²) in [6.45, 7) is 0. The van der Waals surface area contributed by atoms with Gasteiger partial charge in [0, 0.05) is 28.9 Å². The minimum Gasteiger partial charge on any atom is -0.768 e. The zero-order chi connectivity index (χ0) is 25.1. The maximum atomic E-state index is 14.5. The SMILES string of the molecule is CN(c1ccccc1)c1cc(Nc2ccccc2F)c(-c2ccc(Cl)c(C(=O)O)c2)cc1S(=O)[O-]. The largest absolute Gasteiger partial charge is 0.768 e. The highest BCUT2D eigenvalue weighted by Gasteiger charge is 2.19. The summed E-state index contributed by atoms with van der Waals surface area (Å²) in [5, 5.41) is 12.6. The van der Waals surface area contributed by atoms with Crippen molar-refractivity contribution in [1.29, 1.82) is 0 Å². The number of carboxylic acid groups (broad SMARTS) is 1. The molecule has 4 aromatic carbocycles. The number of nitrogens with one attached hydrogen (secondary N) is 1. The van der Waals surface area contributed by atoms with Crippen LogP contribution in [-0.2, 0) is 11.1 Å². The lowest BCUT2D eigenvalue weighted by Crippen LogP contribution is -2.13. The molecule has 0 aliphatic carbocycles. The number of nitrogens with zero attached hydrogens (tertiary/aromatic N) is 1. The van der Waals surface area contributed by atoms with E-state index in [1.165, 1.54) is 24.3 Å². The van der Waals surface area contributed by atoms with E-state index in [-0.39, 0.29) is 21.2 Å². The first-order valence-electron chi connectivity index (χ1n) is 10.4. The number of halogens is 2. The number of benzene rings is 4. The highest BCUT2D eigenvalue weighted by molar-refractivity contribution is 7.79. The maximum Gasteiger partial charge on any atom is 0.337 e. The summed E-state index contributed by atoms with van der Waals surface area (Å²) in [6, 6.07) is 22.6. The molecule has 4 rings (SSSR count). The van der Waals surface area contributed by atoms with Crippen molar-refractivity contribution >= 4 is 51.4 Å². The fourth-order valence-electron chi connectivity index (χ4n) is 3.66. The summed E-state index contributed by atoms with van der Waals surface area (Å²) in [5.74, 6) is -1.73. The van der Waals surface area contributed by atoms with Gasteiger partial charge in [0.15, 0.2) is 0 Å². The van der Waals surface area contributed by atoms with Gasteiger partial charge < -0.3 is 19.9 Å². The van der Waals surface area contributed by atoms with Crippen molar-refractivity contribution in [3.8, 4) is 11.1 Å². The van der Waals surface area contributed by atoms with Gasteiger partial charge in [0.2, 0.25) is 0 Å². The van der Waals surface area contributed by atoms with Crippen LogP contribution in [0.1, 0.15) is 10.4 Å². The molecule has 1 unspecified atom stereocenters. The van der Waals surface area contributed by atoms with Crippen LogP contribution in [0.4, 0.5) is 27.1 Å². The Balaban J connectivity index is 1.96. The second kappa shape index (κ2) is 10.3. The van der Waals surface area contributed by atoms with Gasteiger partial charge in [0.25, 0.3) is 0 Å². The van der Waals surface area contributed by atoms with Crippen LogP contribution < -0.4 is 10.2 Å². The number of carbonyl (C=O) groups is 1. The Labute approximate surface area is 208 Å². The summed E-state index contributed by atoms with van der Waals surface area (Å²) in [6.07, 6.45) is 0. The first kappa shape index (κ1) is 24.4. The molecule has 0 aliphatic rings. The molecule has 1 atom stereocenters. The Morgan fingerprint density at radius 1 is 1.00 bits per heavy atom. The molecule has 0 saturated carbocycles. The van der Waals surface area contributed by atoms with Crippen LogP contribution in [0.5, 0.6) is 0 Å². The molecule has 4 aromatic rings. The van der Waals surface area contributed by atoms with E-state index >= 15 is 0 Å². The first-order valence-corrected chi connectivity index (χ1v) is 11.8. The van der Waals surface area contributed by atoms with Gasteiger partial charge in [-0.2, -0.15) is 0 Å². The smallest absolute Gasteiger partial charge is 0.337 e. The number of hydrogen-bond donors (Lipinski definition) is 2. The third-order valence-corrected chi connectivity index (χ3v) is 6.45. The van der Waals surface area contributed by atoms with Crippen molar-refractivity contribution in [2.24, 2.45) is 0 Å². The van der Waals surface area contributed by atoms with Crippen LogP contribution in [0.25, 0.3) is 11.1 Å². The molecule has 0 spiro atoms. The molecule has 0 fully saturated rings. The molecule has 35 heavy (non-hydrogen) atoms. The molecule has 0 radical (unpaired) electrons. The van der Waals surface area contributed by atoms with E-state index in [0.29, 0.717) is 22.5 Å². The van der Waals surface area contributed by atoms with Gasteiger partial charge in [0.1, 0.15) is 5.82 Å². The lowest BCUT2D eigenvalue weighted by Gasteiger charge is -2.26. The lowest BCUT2D eigenvalue weighted by atomic mass is 10.00. The number of rotatable bonds is 7. The Bertz CT molecular complexity index is 1430. The predicted molar refractivity (Wildman–Crippen MR) is 135 cm³/mol. The topological polar surface area (TPSA) is 92.7 Å². The molecule has 0 heterocycles. The standard InChI is InChI=1S/C26H20ClFN2O4S/c1-30(17-7-3-2-4-8-17)24-15-23(29-22-10-6-5-9-21(22)28)18(14-25(24)35(33)34)16-11-12-20(27)19(13-16)26(31)32/h2-15,29H,1H3,(H,31,32)(H,33,34)/p-1. The summed E-state index contributed by atoms with van der Waals surface area (Å²) < 4.78 is 39.0. The summed E-state index contributed by atoms with van der Waals surface area (Å²) in [7, 11) is 1.72. The molecule has 2 N–H and O–H groups in total. The maximum absolute atomic E-state index is 14.5. The highest BCUT2D eigenvalue weighted by atomic mass is 35.5. The molecule has 9 heteroatoms. The second-order valence-electron chi connectivity index (χ2n) is 7.60. The van der Waals surface area contributed by atoms with Gasteiger partial charge in [-0.3, -0.25) is 4.21 Å². The van der Waals surface area contributed by atoms with Gasteiger partial charge >= 0.3 is 5.97 Å². The zero-order valence-electron chi connectivity index (χ0n) is 18.4. The van der Waals surface area contributed by atoms with Gasteiger partial charge in [-0.05, 0) is 65.2 Å². The molecule has 0 aromatic heterocycles. The second-order valence-corrected chi connectivity index (χ2v) is 8.92. The predicted octanol–water partition coefficient (Wildman–Crippen LogP) is 6.59. The molecule has 0 amide bonds. The first-order chi connectivity index (χ1) is 16.8. The molecular formula is C26H19ClFN2O4S-. The average Bonchev–Trinajstić information content (AvgIpc) is 2.85. The fourth-order valence-corrected chi connectivity index (χ4v) is 4.44. The monoisotopic (exact) mass is 509 g/mol. The fraction of sp³-hybridized carbons (Fsp3) is 0.0385. The van der Waals surface area contributed by atoms with Crippen molar-refractivity contribution in [2.45, 2.75) is 4.90 Å². The Kier molecular flexibility index (Phi) is 7.16. The molecule has 178 valence electrons. The van der Waals surface area contributed by atoms with Crippen molar-refractivity contribution in [3.05, 3.63) is 101 Å². The highest BCUT2D eigenvalue weighted by Crippen LogP contribution is 2.40. The van der Waals surface area contributed by atoms with Crippen molar-refractivity contribution in [1.82, 2.24) is 0 Å². The lowest BCUT2D eigenvalue weighted by molar-refractivity contribution is 0.0697. The Morgan fingerprint density at radius 2 is 1.69 bits per heavy atom. The third-order valence-electron chi connectivity index (χ3n) is 5.43. The van der Waals surface area contributed by atoms with E-state index in [2.05, 4.69) is 5.32 Å². The molecular weight excluding hydrogens is 491 g/mol. The Morgan fingerprint density at radius 3 is 2.34 bits per heavy atom. The molecule has 6 nitrogen and oxygen atoms in total. The minimum absolute atomic E-state index is 0.0164. The number of para-hydroxylation sites is 2. The van der Waals surface area contributed by atoms with E-state index in [0.717, 1.165) is 5.69 Å². The summed E-state index contributed by atoms with van der Waals surface area (Å²) >= 11 is 3.40. The van der Waals surface area contributed by atoms with E-state index in [9.17, 15) is 23.1 Å². The van der Waals surface area contributed by atoms with Gasteiger partial charge in [-0.25, -0.2) is 9.18 Å². The minimum atomic E-state index is -2.63. The van der Waals surface area contributed by atoms with Crippen LogP contribution >= 0.6 is 11.6 Å². The van der Waals surface area contributed by atoms with Crippen LogP contribution in [0, 0.1) is 5.82 Å². The summed E-state index contributed by atoms with van der Waals surface area (Å²) in [5.41, 5.74) is 2.24. The number of anilines is 4. The van der Waals surface area contributed by atoms with E-state index in [1.54, 1.807) is 42.3 Å². The quantitative estimate of drug-likeness (QED) is 0.273. The van der Waals surface area contributed by atoms with Gasteiger partial charge in [-0.15, -0.1) is 0 Å². The number of hydrogen-bond acceptors (Lipinski definition) is 5. The molecule has 0 saturated heterocycles. The van der Waals surface area contributed by atoms with Crippen LogP contribution in [-0.4, -0.2) is 26.9 Å². The molecule has 0 aliphatic heterocycles. The number of carboxylic acids is 1. The average molecular weight is 510 g/mol.